The number of aromatic nitrogens is 1. The Hall–Kier alpha value is -3.39. The van der Waals surface area contributed by atoms with Crippen LogP contribution in [-0.2, 0) is 16.1 Å². The van der Waals surface area contributed by atoms with E-state index in [1.54, 1.807) is 28.5 Å². The zero-order valence-electron chi connectivity index (χ0n) is 19.0. The maximum Gasteiger partial charge on any atom is 0.342 e. The second kappa shape index (κ2) is 9.82. The first kappa shape index (κ1) is 23.3. The Labute approximate surface area is 191 Å². The third-order valence-electron chi connectivity index (χ3n) is 4.88. The summed E-state index contributed by atoms with van der Waals surface area (Å²) in [7, 11) is 3.01. The van der Waals surface area contributed by atoms with E-state index in [9.17, 15) is 9.59 Å². The average Bonchev–Trinajstić information content (AvgIpc) is 3.21. The van der Waals surface area contributed by atoms with Gasteiger partial charge in [0.25, 0.3) is 0 Å². The first-order valence-corrected chi connectivity index (χ1v) is 10.8. The van der Waals surface area contributed by atoms with Crippen LogP contribution in [0.1, 0.15) is 39.7 Å². The molecule has 0 N–H and O–H groups in total. The van der Waals surface area contributed by atoms with E-state index in [-0.39, 0.29) is 12.5 Å². The first-order valence-electron chi connectivity index (χ1n) is 9.97. The number of hydrogen-bond acceptors (Lipinski definition) is 7. The van der Waals surface area contributed by atoms with Crippen LogP contribution in [0.3, 0.4) is 0 Å². The quantitative estimate of drug-likeness (QED) is 0.461. The molecular formula is C24H26N2O5S. The summed E-state index contributed by atoms with van der Waals surface area (Å²) in [5.41, 5.74) is 4.79. The zero-order valence-corrected chi connectivity index (χ0v) is 19.8. The number of amides is 1. The van der Waals surface area contributed by atoms with Gasteiger partial charge in [-0.3, -0.25) is 9.69 Å². The fourth-order valence-electron chi connectivity index (χ4n) is 3.56. The molecule has 168 valence electrons. The van der Waals surface area contributed by atoms with Crippen molar-refractivity contribution in [3.8, 4) is 11.5 Å². The van der Waals surface area contributed by atoms with Gasteiger partial charge in [0.2, 0.25) is 5.91 Å². The predicted octanol–water partition coefficient (Wildman–Crippen LogP) is 5.13. The Bertz CT molecular complexity index is 1130. The highest BCUT2D eigenvalue weighted by molar-refractivity contribution is 7.14. The lowest BCUT2D eigenvalue weighted by Crippen LogP contribution is -2.24. The maximum atomic E-state index is 12.6. The lowest BCUT2D eigenvalue weighted by atomic mass is 10.0. The van der Waals surface area contributed by atoms with Gasteiger partial charge in [0.05, 0.1) is 25.6 Å². The van der Waals surface area contributed by atoms with Crippen LogP contribution in [0.4, 0.5) is 10.8 Å². The van der Waals surface area contributed by atoms with E-state index < -0.39 is 5.97 Å². The molecule has 0 aliphatic rings. The van der Waals surface area contributed by atoms with Crippen LogP contribution < -0.4 is 14.4 Å². The molecule has 3 rings (SSSR count). The third kappa shape index (κ3) is 4.91. The largest absolute Gasteiger partial charge is 0.497 e. The molecule has 8 heteroatoms. The minimum absolute atomic E-state index is 0.0257. The topological polar surface area (TPSA) is 78.0 Å². The van der Waals surface area contributed by atoms with Gasteiger partial charge in [-0.15, -0.1) is 11.3 Å². The Morgan fingerprint density at radius 3 is 2.31 bits per heavy atom. The number of hydrogen-bond donors (Lipinski definition) is 0. The van der Waals surface area contributed by atoms with Crippen LogP contribution in [0.2, 0.25) is 0 Å². The molecule has 0 saturated carbocycles. The number of carbonyl (C=O) groups excluding carboxylic acids is 2. The fourth-order valence-corrected chi connectivity index (χ4v) is 4.42. The molecular weight excluding hydrogens is 428 g/mol. The molecule has 0 aliphatic carbocycles. The molecule has 0 atom stereocenters. The van der Waals surface area contributed by atoms with Crippen LogP contribution in [0.25, 0.3) is 0 Å². The summed E-state index contributed by atoms with van der Waals surface area (Å²) in [5, 5.41) is 2.31. The van der Waals surface area contributed by atoms with Crippen molar-refractivity contribution in [1.29, 1.82) is 0 Å². The lowest BCUT2D eigenvalue weighted by molar-refractivity contribution is -0.115. The van der Waals surface area contributed by atoms with E-state index in [1.807, 2.05) is 32.9 Å². The molecule has 0 unspecified atom stereocenters. The van der Waals surface area contributed by atoms with Crippen LogP contribution in [0.5, 0.6) is 11.5 Å². The number of esters is 1. The number of aryl methyl sites for hydroxylation is 3. The second-order valence-electron chi connectivity index (χ2n) is 7.37. The van der Waals surface area contributed by atoms with E-state index in [2.05, 4.69) is 4.98 Å². The molecule has 1 amide bonds. The van der Waals surface area contributed by atoms with Crippen molar-refractivity contribution in [1.82, 2.24) is 4.98 Å². The van der Waals surface area contributed by atoms with E-state index in [0.29, 0.717) is 27.9 Å². The second-order valence-corrected chi connectivity index (χ2v) is 8.20. The lowest BCUT2D eigenvalue weighted by Gasteiger charge is -2.23. The molecule has 2 aromatic carbocycles. The number of carbonyl (C=O) groups is 2. The molecule has 0 radical (unpaired) electrons. The highest BCUT2D eigenvalue weighted by Crippen LogP contribution is 2.34. The summed E-state index contributed by atoms with van der Waals surface area (Å²) in [6.07, 6.45) is 0. The van der Waals surface area contributed by atoms with Crippen LogP contribution in [0.15, 0.2) is 35.7 Å². The van der Waals surface area contributed by atoms with E-state index in [1.165, 1.54) is 32.5 Å². The van der Waals surface area contributed by atoms with E-state index in [0.717, 1.165) is 22.4 Å². The highest BCUT2D eigenvalue weighted by Gasteiger charge is 2.22. The van der Waals surface area contributed by atoms with Crippen LogP contribution in [-0.4, -0.2) is 31.1 Å². The number of ether oxygens (including phenoxy) is 3. The van der Waals surface area contributed by atoms with Gasteiger partial charge in [-0.05, 0) is 44.0 Å². The maximum absolute atomic E-state index is 12.6. The summed E-state index contributed by atoms with van der Waals surface area (Å²) in [4.78, 5) is 31.2. The number of nitrogens with zero attached hydrogens (tertiary/aromatic N) is 2. The van der Waals surface area contributed by atoms with Crippen molar-refractivity contribution in [2.45, 2.75) is 34.3 Å². The minimum atomic E-state index is -0.535. The predicted molar refractivity (Wildman–Crippen MR) is 124 cm³/mol. The highest BCUT2D eigenvalue weighted by atomic mass is 32.1. The Morgan fingerprint density at radius 2 is 1.72 bits per heavy atom. The van der Waals surface area contributed by atoms with Gasteiger partial charge in [0.1, 0.15) is 23.7 Å². The van der Waals surface area contributed by atoms with Crippen molar-refractivity contribution >= 4 is 34.0 Å². The van der Waals surface area contributed by atoms with Crippen molar-refractivity contribution in [2.75, 3.05) is 19.1 Å². The van der Waals surface area contributed by atoms with Crippen molar-refractivity contribution in [2.24, 2.45) is 0 Å². The van der Waals surface area contributed by atoms with Gasteiger partial charge in [-0.25, -0.2) is 9.78 Å². The number of methoxy groups -OCH3 is 2. The fraction of sp³-hybridized carbons (Fsp3) is 0.292. The van der Waals surface area contributed by atoms with Crippen LogP contribution >= 0.6 is 11.3 Å². The summed E-state index contributed by atoms with van der Waals surface area (Å²) < 4.78 is 15.8. The molecule has 0 fully saturated rings. The van der Waals surface area contributed by atoms with Gasteiger partial charge in [-0.2, -0.15) is 0 Å². The minimum Gasteiger partial charge on any atom is -0.497 e. The number of anilines is 2. The van der Waals surface area contributed by atoms with Crippen LogP contribution in [0, 0.1) is 20.8 Å². The number of thiazole rings is 1. The first-order chi connectivity index (χ1) is 15.2. The Morgan fingerprint density at radius 1 is 1.03 bits per heavy atom. The van der Waals surface area contributed by atoms with E-state index >= 15 is 0 Å². The summed E-state index contributed by atoms with van der Waals surface area (Å²) in [6, 6.07) is 8.95. The van der Waals surface area contributed by atoms with E-state index in [4.69, 9.17) is 14.2 Å². The summed E-state index contributed by atoms with van der Waals surface area (Å²) >= 11 is 1.32. The number of rotatable bonds is 7. The van der Waals surface area contributed by atoms with Gasteiger partial charge in [0, 0.05) is 18.4 Å². The molecule has 32 heavy (non-hydrogen) atoms. The molecule has 3 aromatic rings. The number of benzene rings is 2. The van der Waals surface area contributed by atoms with Crippen molar-refractivity contribution < 1.29 is 23.8 Å². The molecule has 1 heterocycles. The van der Waals surface area contributed by atoms with Gasteiger partial charge < -0.3 is 14.2 Å². The monoisotopic (exact) mass is 454 g/mol. The zero-order chi connectivity index (χ0) is 23.4. The SMILES string of the molecule is COc1ccc(C(=O)OCc2csc(N(C(C)=O)c3c(C)cc(C)cc3C)n2)c(OC)c1. The molecule has 1 aromatic heterocycles. The normalized spacial score (nSPS) is 10.6. The average molecular weight is 455 g/mol. The Balaban J connectivity index is 1.80. The summed E-state index contributed by atoms with van der Waals surface area (Å²) in [6.45, 7) is 7.46. The Kier molecular flexibility index (Phi) is 7.15. The molecule has 0 aliphatic heterocycles. The molecule has 0 saturated heterocycles. The van der Waals surface area contributed by atoms with Gasteiger partial charge >= 0.3 is 5.97 Å². The molecule has 0 spiro atoms. The van der Waals surface area contributed by atoms with Gasteiger partial charge in [0.15, 0.2) is 5.13 Å². The van der Waals surface area contributed by atoms with Crippen molar-refractivity contribution in [3.05, 3.63) is 63.7 Å². The smallest absolute Gasteiger partial charge is 0.342 e. The third-order valence-corrected chi connectivity index (χ3v) is 5.76. The van der Waals surface area contributed by atoms with Crippen molar-refractivity contribution in [3.63, 3.8) is 0 Å². The molecule has 0 bridgehead atoms. The molecule has 7 nitrogen and oxygen atoms in total. The standard InChI is InChI=1S/C24H26N2O5S/c1-14-9-15(2)22(16(3)10-14)26(17(4)27)24-25-18(13-32-24)12-31-23(28)20-8-7-19(29-5)11-21(20)30-6/h7-11,13H,12H2,1-6H3. The van der Waals surface area contributed by atoms with Gasteiger partial charge in [-0.1, -0.05) is 17.7 Å². The summed E-state index contributed by atoms with van der Waals surface area (Å²) in [5.74, 6) is 0.267.